The van der Waals surface area contributed by atoms with Crippen molar-refractivity contribution in [1.29, 1.82) is 0 Å². The molecule has 194 valence electrons. The van der Waals surface area contributed by atoms with Crippen molar-refractivity contribution < 1.29 is 28.0 Å². The largest absolute Gasteiger partial charge is 0.457 e. The predicted molar refractivity (Wildman–Crippen MR) is 139 cm³/mol. The number of amides is 2. The van der Waals surface area contributed by atoms with Crippen molar-refractivity contribution in [3.63, 3.8) is 0 Å². The Morgan fingerprint density at radius 3 is 2.16 bits per heavy atom. The number of hydrogen-bond acceptors (Lipinski definition) is 6. The third kappa shape index (κ3) is 5.68. The molecule has 1 aliphatic heterocycles. The summed E-state index contributed by atoms with van der Waals surface area (Å²) < 4.78 is 31.7. The number of carbonyl (C=O) groups is 2. The molecule has 8 nitrogen and oxygen atoms in total. The van der Waals surface area contributed by atoms with Crippen LogP contribution in [0.5, 0.6) is 11.5 Å². The molecule has 1 saturated heterocycles. The standard InChI is InChI=1S/C28H30N2O6S/c1-2-21-8-12-24(13-9-21)36-25-14-10-23(11-15-25)28(20-26(31)29-33)16-17-30(18-19-37(28,34)35)27(32)22-6-4-3-5-7-22/h3-15,33H,2,16-20H2,1H3,(H,29,31). The average molecular weight is 523 g/mol. The molecule has 9 heteroatoms. The second-order valence-electron chi connectivity index (χ2n) is 9.06. The summed E-state index contributed by atoms with van der Waals surface area (Å²) >= 11 is 0. The Morgan fingerprint density at radius 2 is 1.57 bits per heavy atom. The summed E-state index contributed by atoms with van der Waals surface area (Å²) in [6.45, 7) is 2.21. The number of aryl methyl sites for hydroxylation is 1. The number of sulfone groups is 1. The Bertz CT molecular complexity index is 1340. The minimum Gasteiger partial charge on any atom is -0.457 e. The lowest BCUT2D eigenvalue weighted by Crippen LogP contribution is -2.42. The van der Waals surface area contributed by atoms with Crippen LogP contribution >= 0.6 is 0 Å². The first-order chi connectivity index (χ1) is 17.8. The number of carbonyl (C=O) groups excluding carboxylic acids is 2. The van der Waals surface area contributed by atoms with Crippen molar-refractivity contribution in [1.82, 2.24) is 10.4 Å². The Hall–Kier alpha value is -3.69. The maximum Gasteiger partial charge on any atom is 0.253 e. The van der Waals surface area contributed by atoms with Gasteiger partial charge in [-0.15, -0.1) is 0 Å². The van der Waals surface area contributed by atoms with Crippen LogP contribution < -0.4 is 10.2 Å². The molecular formula is C28H30N2O6S. The molecular weight excluding hydrogens is 492 g/mol. The molecule has 0 saturated carbocycles. The first kappa shape index (κ1) is 26.4. The van der Waals surface area contributed by atoms with Gasteiger partial charge in [0.1, 0.15) is 16.2 Å². The van der Waals surface area contributed by atoms with Gasteiger partial charge in [0.05, 0.1) is 12.2 Å². The second kappa shape index (κ2) is 11.1. The quantitative estimate of drug-likeness (QED) is 0.357. The molecule has 2 amide bonds. The van der Waals surface area contributed by atoms with Gasteiger partial charge in [0.2, 0.25) is 5.91 Å². The number of ether oxygens (including phenoxy) is 1. The van der Waals surface area contributed by atoms with Crippen molar-refractivity contribution in [2.75, 3.05) is 18.8 Å². The smallest absolute Gasteiger partial charge is 0.253 e. The van der Waals surface area contributed by atoms with Gasteiger partial charge in [0.15, 0.2) is 9.84 Å². The van der Waals surface area contributed by atoms with Gasteiger partial charge in [-0.05, 0) is 60.4 Å². The van der Waals surface area contributed by atoms with Gasteiger partial charge in [-0.2, -0.15) is 0 Å². The van der Waals surface area contributed by atoms with Crippen LogP contribution in [0, 0.1) is 0 Å². The number of rotatable bonds is 7. The number of hydrogen-bond donors (Lipinski definition) is 2. The third-order valence-corrected chi connectivity index (χ3v) is 9.33. The highest BCUT2D eigenvalue weighted by atomic mass is 32.2. The zero-order valence-electron chi connectivity index (χ0n) is 20.6. The highest BCUT2D eigenvalue weighted by Crippen LogP contribution is 2.41. The van der Waals surface area contributed by atoms with Crippen molar-refractivity contribution >= 4 is 21.7 Å². The summed E-state index contributed by atoms with van der Waals surface area (Å²) in [4.78, 5) is 26.9. The van der Waals surface area contributed by atoms with Crippen LogP contribution in [-0.4, -0.2) is 49.2 Å². The first-order valence-electron chi connectivity index (χ1n) is 12.1. The molecule has 0 radical (unpaired) electrons. The van der Waals surface area contributed by atoms with Gasteiger partial charge >= 0.3 is 0 Å². The minimum absolute atomic E-state index is 0.0000105. The Kier molecular flexibility index (Phi) is 7.94. The van der Waals surface area contributed by atoms with E-state index in [1.807, 2.05) is 24.3 Å². The second-order valence-corrected chi connectivity index (χ2v) is 11.5. The predicted octanol–water partition coefficient (Wildman–Crippen LogP) is 4.09. The van der Waals surface area contributed by atoms with Crippen LogP contribution in [0.25, 0.3) is 0 Å². The maximum atomic E-state index is 13.7. The van der Waals surface area contributed by atoms with E-state index in [0.29, 0.717) is 22.6 Å². The van der Waals surface area contributed by atoms with Crippen LogP contribution in [0.4, 0.5) is 0 Å². The summed E-state index contributed by atoms with van der Waals surface area (Å²) in [6.07, 6.45) is 0.444. The van der Waals surface area contributed by atoms with Gasteiger partial charge in [0, 0.05) is 18.7 Å². The van der Waals surface area contributed by atoms with E-state index in [1.54, 1.807) is 60.1 Å². The Morgan fingerprint density at radius 1 is 0.946 bits per heavy atom. The maximum absolute atomic E-state index is 13.7. The molecule has 1 fully saturated rings. The zero-order chi connectivity index (χ0) is 26.5. The molecule has 0 spiro atoms. The van der Waals surface area contributed by atoms with Crippen LogP contribution in [0.1, 0.15) is 41.3 Å². The highest BCUT2D eigenvalue weighted by molar-refractivity contribution is 7.92. The summed E-state index contributed by atoms with van der Waals surface area (Å²) in [5.41, 5.74) is 3.62. The molecule has 3 aromatic carbocycles. The van der Waals surface area contributed by atoms with E-state index in [2.05, 4.69) is 6.92 Å². The number of benzene rings is 3. The molecule has 4 rings (SSSR count). The average Bonchev–Trinajstić information content (AvgIpc) is 3.05. The van der Waals surface area contributed by atoms with Crippen molar-refractivity contribution in [3.8, 4) is 11.5 Å². The molecule has 1 heterocycles. The van der Waals surface area contributed by atoms with Crippen LogP contribution in [0.3, 0.4) is 0 Å². The summed E-state index contributed by atoms with van der Waals surface area (Å²) in [7, 11) is -3.91. The molecule has 1 unspecified atom stereocenters. The Labute approximate surface area is 216 Å². The van der Waals surface area contributed by atoms with Gasteiger partial charge in [-0.3, -0.25) is 14.8 Å². The Balaban J connectivity index is 1.63. The van der Waals surface area contributed by atoms with E-state index in [1.165, 1.54) is 10.5 Å². The van der Waals surface area contributed by atoms with Crippen LogP contribution in [-0.2, 0) is 25.8 Å². The normalized spacial score (nSPS) is 19.0. The van der Waals surface area contributed by atoms with Crippen molar-refractivity contribution in [3.05, 3.63) is 95.6 Å². The van der Waals surface area contributed by atoms with E-state index >= 15 is 0 Å². The van der Waals surface area contributed by atoms with E-state index < -0.39 is 26.9 Å². The van der Waals surface area contributed by atoms with Gasteiger partial charge in [-0.1, -0.05) is 49.4 Å². The van der Waals surface area contributed by atoms with Crippen molar-refractivity contribution in [2.24, 2.45) is 0 Å². The molecule has 1 aliphatic rings. The highest BCUT2D eigenvalue weighted by Gasteiger charge is 2.48. The summed E-state index contributed by atoms with van der Waals surface area (Å²) in [5.74, 6) is -0.233. The first-order valence-corrected chi connectivity index (χ1v) is 13.8. The molecule has 2 N–H and O–H groups in total. The number of nitrogens with one attached hydrogen (secondary N) is 1. The van der Waals surface area contributed by atoms with E-state index in [9.17, 15) is 23.2 Å². The van der Waals surface area contributed by atoms with Crippen LogP contribution in [0.15, 0.2) is 78.9 Å². The third-order valence-electron chi connectivity index (χ3n) is 6.84. The molecule has 0 aromatic heterocycles. The zero-order valence-corrected chi connectivity index (χ0v) is 21.4. The lowest BCUT2D eigenvalue weighted by atomic mass is 9.90. The van der Waals surface area contributed by atoms with Gasteiger partial charge in [-0.25, -0.2) is 13.9 Å². The fourth-order valence-corrected chi connectivity index (χ4v) is 6.75. The SMILES string of the molecule is CCc1ccc(Oc2ccc(C3(CC(=O)NO)CCN(C(=O)c4ccccc4)CCS3(=O)=O)cc2)cc1. The fraction of sp³-hybridized carbons (Fsp3) is 0.286. The fourth-order valence-electron chi connectivity index (χ4n) is 4.65. The van der Waals surface area contributed by atoms with Crippen molar-refractivity contribution in [2.45, 2.75) is 30.9 Å². The van der Waals surface area contributed by atoms with Crippen LogP contribution in [0.2, 0.25) is 0 Å². The molecule has 37 heavy (non-hydrogen) atoms. The van der Waals surface area contributed by atoms with E-state index in [4.69, 9.17) is 4.74 Å². The minimum atomic E-state index is -3.91. The molecule has 0 aliphatic carbocycles. The van der Waals surface area contributed by atoms with E-state index in [0.717, 1.165) is 6.42 Å². The van der Waals surface area contributed by atoms with Gasteiger partial charge < -0.3 is 9.64 Å². The lowest BCUT2D eigenvalue weighted by Gasteiger charge is -2.32. The summed E-state index contributed by atoms with van der Waals surface area (Å²) in [5, 5.41) is 9.22. The lowest BCUT2D eigenvalue weighted by molar-refractivity contribution is -0.130. The number of hydroxylamine groups is 1. The summed E-state index contributed by atoms with van der Waals surface area (Å²) in [6, 6.07) is 22.9. The molecule has 0 bridgehead atoms. The topological polar surface area (TPSA) is 113 Å². The molecule has 3 aromatic rings. The molecule has 1 atom stereocenters. The number of nitrogens with zero attached hydrogens (tertiary/aromatic N) is 1. The van der Waals surface area contributed by atoms with E-state index in [-0.39, 0.29) is 31.2 Å². The van der Waals surface area contributed by atoms with Gasteiger partial charge in [0.25, 0.3) is 5.91 Å². The monoisotopic (exact) mass is 522 g/mol.